The van der Waals surface area contributed by atoms with E-state index in [1.54, 1.807) is 31.2 Å². The second-order valence-electron chi connectivity index (χ2n) is 4.94. The molecule has 6 nitrogen and oxygen atoms in total. The van der Waals surface area contributed by atoms with Crippen LogP contribution in [-0.2, 0) is 4.79 Å². The first-order valence-electron chi connectivity index (χ1n) is 7.38. The summed E-state index contributed by atoms with van der Waals surface area (Å²) < 4.78 is 5.19. The summed E-state index contributed by atoms with van der Waals surface area (Å²) in [5.41, 5.74) is 0.938. The van der Waals surface area contributed by atoms with Crippen LogP contribution in [0.1, 0.15) is 17.3 Å². The number of carbonyl (C=O) groups excluding carboxylic acids is 2. The third kappa shape index (κ3) is 4.45. The summed E-state index contributed by atoms with van der Waals surface area (Å²) >= 11 is 5.72. The van der Waals surface area contributed by atoms with Gasteiger partial charge < -0.3 is 15.0 Å². The van der Waals surface area contributed by atoms with E-state index in [1.807, 2.05) is 6.07 Å². The van der Waals surface area contributed by atoms with Crippen molar-refractivity contribution in [1.29, 1.82) is 0 Å². The highest BCUT2D eigenvalue weighted by atomic mass is 35.5. The van der Waals surface area contributed by atoms with Crippen molar-refractivity contribution in [2.45, 2.75) is 6.92 Å². The van der Waals surface area contributed by atoms with Crippen LogP contribution in [0.2, 0.25) is 5.15 Å². The van der Waals surface area contributed by atoms with E-state index in [1.165, 1.54) is 24.3 Å². The zero-order valence-electron chi connectivity index (χ0n) is 13.5. The predicted octanol–water partition coefficient (Wildman–Crippen LogP) is 2.84. The minimum atomic E-state index is -0.309. The third-order valence-electron chi connectivity index (χ3n) is 3.36. The van der Waals surface area contributed by atoms with E-state index in [-0.39, 0.29) is 18.4 Å². The van der Waals surface area contributed by atoms with E-state index in [0.29, 0.717) is 28.7 Å². The van der Waals surface area contributed by atoms with Gasteiger partial charge in [-0.05, 0) is 31.2 Å². The van der Waals surface area contributed by atoms with E-state index < -0.39 is 0 Å². The molecule has 1 heterocycles. The number of rotatable bonds is 6. The van der Waals surface area contributed by atoms with Crippen molar-refractivity contribution in [3.8, 4) is 5.75 Å². The van der Waals surface area contributed by atoms with Gasteiger partial charge in [0.25, 0.3) is 5.91 Å². The number of hydrogen-bond acceptors (Lipinski definition) is 4. The Morgan fingerprint density at radius 1 is 1.25 bits per heavy atom. The minimum absolute atomic E-state index is 0.0734. The maximum Gasteiger partial charge on any atom is 0.255 e. The van der Waals surface area contributed by atoms with Crippen molar-refractivity contribution in [3.63, 3.8) is 0 Å². The molecule has 0 fully saturated rings. The zero-order valence-corrected chi connectivity index (χ0v) is 14.2. The number of hydrogen-bond donors (Lipinski definition) is 1. The SMILES string of the molecule is CCN(CC(=O)Nc1ccccc1OC)C(=O)c1ccc(Cl)nc1. The van der Waals surface area contributed by atoms with Gasteiger partial charge in [0.15, 0.2) is 0 Å². The first-order valence-corrected chi connectivity index (χ1v) is 7.76. The van der Waals surface area contributed by atoms with Crippen molar-refractivity contribution < 1.29 is 14.3 Å². The van der Waals surface area contributed by atoms with Gasteiger partial charge in [0.1, 0.15) is 17.4 Å². The number of benzene rings is 1. The predicted molar refractivity (Wildman–Crippen MR) is 92.4 cm³/mol. The molecule has 0 aliphatic heterocycles. The van der Waals surface area contributed by atoms with Gasteiger partial charge in [0, 0.05) is 12.7 Å². The summed E-state index contributed by atoms with van der Waals surface area (Å²) in [7, 11) is 1.53. The monoisotopic (exact) mass is 347 g/mol. The fourth-order valence-corrected chi connectivity index (χ4v) is 2.23. The molecule has 2 aromatic rings. The van der Waals surface area contributed by atoms with Crippen LogP contribution in [0.15, 0.2) is 42.6 Å². The lowest BCUT2D eigenvalue weighted by Gasteiger charge is -2.20. The molecule has 7 heteroatoms. The normalized spacial score (nSPS) is 10.1. The molecule has 0 unspecified atom stereocenters. The minimum Gasteiger partial charge on any atom is -0.495 e. The number of nitrogens with one attached hydrogen (secondary N) is 1. The number of ether oxygens (including phenoxy) is 1. The number of halogens is 1. The molecule has 2 rings (SSSR count). The van der Waals surface area contributed by atoms with Crippen LogP contribution in [0.5, 0.6) is 5.75 Å². The van der Waals surface area contributed by atoms with Gasteiger partial charge in [-0.1, -0.05) is 23.7 Å². The molecule has 0 spiro atoms. The van der Waals surface area contributed by atoms with Crippen LogP contribution in [0, 0.1) is 0 Å². The maximum atomic E-state index is 12.4. The summed E-state index contributed by atoms with van der Waals surface area (Å²) in [6, 6.07) is 10.2. The molecular formula is C17H18ClN3O3. The van der Waals surface area contributed by atoms with Crippen LogP contribution in [0.4, 0.5) is 5.69 Å². The molecule has 0 saturated carbocycles. The fourth-order valence-electron chi connectivity index (χ4n) is 2.12. The van der Waals surface area contributed by atoms with Gasteiger partial charge in [0.05, 0.1) is 18.4 Å². The molecule has 0 atom stereocenters. The maximum absolute atomic E-state index is 12.4. The average Bonchev–Trinajstić information content (AvgIpc) is 2.60. The van der Waals surface area contributed by atoms with E-state index in [0.717, 1.165) is 0 Å². The van der Waals surface area contributed by atoms with Crippen molar-refractivity contribution >= 4 is 29.1 Å². The smallest absolute Gasteiger partial charge is 0.255 e. The number of carbonyl (C=O) groups is 2. The van der Waals surface area contributed by atoms with E-state index in [2.05, 4.69) is 10.3 Å². The lowest BCUT2D eigenvalue weighted by atomic mass is 10.2. The van der Waals surface area contributed by atoms with Crippen LogP contribution >= 0.6 is 11.6 Å². The number of likely N-dealkylation sites (N-methyl/N-ethyl adjacent to an activating group) is 1. The summed E-state index contributed by atoms with van der Waals surface area (Å²) in [6.07, 6.45) is 1.39. The largest absolute Gasteiger partial charge is 0.495 e. The quantitative estimate of drug-likeness (QED) is 0.816. The highest BCUT2D eigenvalue weighted by Gasteiger charge is 2.18. The van der Waals surface area contributed by atoms with Crippen LogP contribution in [-0.4, -0.2) is 41.9 Å². The Balaban J connectivity index is 2.05. The molecule has 0 aliphatic carbocycles. The lowest BCUT2D eigenvalue weighted by molar-refractivity contribution is -0.116. The molecule has 1 N–H and O–H groups in total. The molecule has 24 heavy (non-hydrogen) atoms. The van der Waals surface area contributed by atoms with E-state index >= 15 is 0 Å². The number of pyridine rings is 1. The Morgan fingerprint density at radius 2 is 2.00 bits per heavy atom. The first-order chi connectivity index (χ1) is 11.5. The number of amides is 2. The molecule has 1 aromatic carbocycles. The Hall–Kier alpha value is -2.60. The molecule has 0 bridgehead atoms. The molecule has 0 radical (unpaired) electrons. The molecule has 1 aromatic heterocycles. The molecule has 0 saturated heterocycles. The summed E-state index contributed by atoms with van der Waals surface area (Å²) in [4.78, 5) is 30.0. The zero-order chi connectivity index (χ0) is 17.5. The summed E-state index contributed by atoms with van der Waals surface area (Å²) in [5, 5.41) is 3.06. The van der Waals surface area contributed by atoms with Gasteiger partial charge in [0.2, 0.25) is 5.91 Å². The van der Waals surface area contributed by atoms with Crippen LogP contribution in [0.25, 0.3) is 0 Å². The fraction of sp³-hybridized carbons (Fsp3) is 0.235. The highest BCUT2D eigenvalue weighted by molar-refractivity contribution is 6.29. The molecule has 0 aliphatic rings. The van der Waals surface area contributed by atoms with E-state index in [4.69, 9.17) is 16.3 Å². The Bertz CT molecular complexity index is 719. The molecule has 2 amide bonds. The second kappa shape index (κ2) is 8.31. The summed E-state index contributed by atoms with van der Waals surface area (Å²) in [5.74, 6) is -0.0319. The van der Waals surface area contributed by atoms with Crippen LogP contribution < -0.4 is 10.1 Å². The summed E-state index contributed by atoms with van der Waals surface area (Å²) in [6.45, 7) is 2.12. The number of methoxy groups -OCH3 is 1. The number of aromatic nitrogens is 1. The van der Waals surface area contributed by atoms with E-state index in [9.17, 15) is 9.59 Å². The first kappa shape index (κ1) is 17.7. The van der Waals surface area contributed by atoms with Gasteiger partial charge >= 0.3 is 0 Å². The topological polar surface area (TPSA) is 71.5 Å². The standard InChI is InChI=1S/C17H18ClN3O3/c1-3-21(17(23)12-8-9-15(18)19-10-12)11-16(22)20-13-6-4-5-7-14(13)24-2/h4-10H,3,11H2,1-2H3,(H,20,22). The number of anilines is 1. The second-order valence-corrected chi connectivity index (χ2v) is 5.32. The molecular weight excluding hydrogens is 330 g/mol. The van der Waals surface area contributed by atoms with Crippen LogP contribution in [0.3, 0.4) is 0 Å². The van der Waals surface area contributed by atoms with Crippen molar-refractivity contribution in [2.75, 3.05) is 25.5 Å². The molecule has 126 valence electrons. The van der Waals surface area contributed by atoms with Gasteiger partial charge in [-0.3, -0.25) is 9.59 Å². The highest BCUT2D eigenvalue weighted by Crippen LogP contribution is 2.22. The Kier molecular flexibility index (Phi) is 6.14. The Morgan fingerprint density at radius 3 is 2.62 bits per heavy atom. The third-order valence-corrected chi connectivity index (χ3v) is 3.58. The van der Waals surface area contributed by atoms with Gasteiger partial charge in [-0.25, -0.2) is 4.98 Å². The van der Waals surface area contributed by atoms with Gasteiger partial charge in [-0.15, -0.1) is 0 Å². The lowest BCUT2D eigenvalue weighted by Crippen LogP contribution is -2.38. The number of nitrogens with zero attached hydrogens (tertiary/aromatic N) is 2. The van der Waals surface area contributed by atoms with Crippen molar-refractivity contribution in [2.24, 2.45) is 0 Å². The van der Waals surface area contributed by atoms with Gasteiger partial charge in [-0.2, -0.15) is 0 Å². The average molecular weight is 348 g/mol. The van der Waals surface area contributed by atoms with Crippen molar-refractivity contribution in [1.82, 2.24) is 9.88 Å². The number of para-hydroxylation sites is 2. The Labute approximate surface area is 145 Å². The van der Waals surface area contributed by atoms with Crippen molar-refractivity contribution in [3.05, 3.63) is 53.3 Å².